The Kier molecular flexibility index (Phi) is 3.84. The molecule has 0 bridgehead atoms. The monoisotopic (exact) mass is 276 g/mol. The number of nitrogens with one attached hydrogen (secondary N) is 2. The Balaban J connectivity index is 1.64. The minimum Gasteiger partial charge on any atom is -0.372 e. The average molecular weight is 276 g/mol. The molecule has 2 atom stereocenters. The molecule has 1 fully saturated rings. The van der Waals surface area contributed by atoms with Crippen LogP contribution in [0.15, 0.2) is 18.5 Å². The van der Waals surface area contributed by atoms with E-state index in [1.807, 2.05) is 24.1 Å². The molecule has 6 nitrogen and oxygen atoms in total. The summed E-state index contributed by atoms with van der Waals surface area (Å²) in [4.78, 5) is 17.7. The van der Waals surface area contributed by atoms with Crippen LogP contribution in [0.4, 0.5) is 5.69 Å². The van der Waals surface area contributed by atoms with Gasteiger partial charge in [-0.1, -0.05) is 6.92 Å². The van der Waals surface area contributed by atoms with Gasteiger partial charge in [0, 0.05) is 43.2 Å². The molecule has 3 heterocycles. The molecule has 0 aromatic carbocycles. The number of anilines is 1. The van der Waals surface area contributed by atoms with Crippen molar-refractivity contribution in [1.29, 1.82) is 0 Å². The molecule has 0 spiro atoms. The smallest absolute Gasteiger partial charge is 0.222 e. The summed E-state index contributed by atoms with van der Waals surface area (Å²) < 4.78 is 6.12. The summed E-state index contributed by atoms with van der Waals surface area (Å²) in [6.45, 7) is 4.05. The van der Waals surface area contributed by atoms with Crippen molar-refractivity contribution in [2.24, 2.45) is 0 Å². The third-order valence-electron chi connectivity index (χ3n) is 3.83. The number of nitrogens with zero attached hydrogens (tertiary/aromatic N) is 2. The molecule has 108 valence electrons. The van der Waals surface area contributed by atoms with Gasteiger partial charge in [-0.15, -0.1) is 0 Å². The lowest BCUT2D eigenvalue weighted by atomic mass is 10.1. The number of pyridine rings is 1. The van der Waals surface area contributed by atoms with E-state index >= 15 is 0 Å². The summed E-state index contributed by atoms with van der Waals surface area (Å²) in [5, 5.41) is 6.54. The predicted molar refractivity (Wildman–Crippen MR) is 75.0 cm³/mol. The maximum atomic E-state index is 11.7. The molecule has 1 aromatic rings. The highest BCUT2D eigenvalue weighted by Crippen LogP contribution is 2.28. The van der Waals surface area contributed by atoms with Crippen molar-refractivity contribution in [1.82, 2.24) is 15.2 Å². The average Bonchev–Trinajstić information content (AvgIpc) is 2.95. The van der Waals surface area contributed by atoms with E-state index in [0.717, 1.165) is 24.2 Å². The first kappa shape index (κ1) is 13.3. The van der Waals surface area contributed by atoms with Crippen LogP contribution in [0.1, 0.15) is 31.6 Å². The van der Waals surface area contributed by atoms with E-state index in [2.05, 4.69) is 15.6 Å². The second-order valence-electron chi connectivity index (χ2n) is 5.14. The Morgan fingerprint density at radius 3 is 3.35 bits per heavy atom. The summed E-state index contributed by atoms with van der Waals surface area (Å²) in [7, 11) is 0. The molecule has 1 saturated heterocycles. The Labute approximate surface area is 118 Å². The largest absolute Gasteiger partial charge is 0.372 e. The highest BCUT2D eigenvalue weighted by molar-refractivity contribution is 5.76. The van der Waals surface area contributed by atoms with E-state index in [1.54, 1.807) is 6.20 Å². The van der Waals surface area contributed by atoms with Gasteiger partial charge in [0.15, 0.2) is 0 Å². The second kappa shape index (κ2) is 5.76. The van der Waals surface area contributed by atoms with Crippen LogP contribution in [0.2, 0.25) is 0 Å². The van der Waals surface area contributed by atoms with Gasteiger partial charge in [0.1, 0.15) is 6.23 Å². The van der Waals surface area contributed by atoms with Crippen molar-refractivity contribution >= 4 is 11.6 Å². The molecule has 2 aliphatic rings. The minimum atomic E-state index is -0.151. The molecule has 2 N–H and O–H groups in total. The number of carbonyl (C=O) groups is 1. The summed E-state index contributed by atoms with van der Waals surface area (Å²) in [5.74, 6) is 0.205. The molecular formula is C14H20N4O2. The van der Waals surface area contributed by atoms with Gasteiger partial charge in [0.25, 0.3) is 0 Å². The molecule has 2 aliphatic heterocycles. The number of aromatic nitrogens is 1. The predicted octanol–water partition coefficient (Wildman–Crippen LogP) is 1.08. The SMILES string of the molecule is CCC(=O)N1CC[C@H](O[C@@H]2NCNc3ccncc32)C1. The lowest BCUT2D eigenvalue weighted by Crippen LogP contribution is -2.37. The number of rotatable bonds is 3. The van der Waals surface area contributed by atoms with Crippen LogP contribution in [0.25, 0.3) is 0 Å². The lowest BCUT2D eigenvalue weighted by molar-refractivity contribution is -0.130. The van der Waals surface area contributed by atoms with Crippen LogP contribution >= 0.6 is 0 Å². The fraction of sp³-hybridized carbons (Fsp3) is 0.571. The fourth-order valence-corrected chi connectivity index (χ4v) is 2.73. The van der Waals surface area contributed by atoms with E-state index in [4.69, 9.17) is 4.74 Å². The zero-order chi connectivity index (χ0) is 13.9. The zero-order valence-electron chi connectivity index (χ0n) is 11.6. The van der Waals surface area contributed by atoms with Gasteiger partial charge >= 0.3 is 0 Å². The maximum Gasteiger partial charge on any atom is 0.222 e. The number of fused-ring (bicyclic) bond motifs is 1. The molecule has 20 heavy (non-hydrogen) atoms. The van der Waals surface area contributed by atoms with Crippen molar-refractivity contribution in [2.75, 3.05) is 25.1 Å². The van der Waals surface area contributed by atoms with Crippen LogP contribution in [0.5, 0.6) is 0 Å². The van der Waals surface area contributed by atoms with E-state index in [-0.39, 0.29) is 18.2 Å². The Morgan fingerprint density at radius 2 is 2.50 bits per heavy atom. The normalized spacial score (nSPS) is 25.1. The van der Waals surface area contributed by atoms with Crippen LogP contribution in [0.3, 0.4) is 0 Å². The number of likely N-dealkylation sites (tertiary alicyclic amines) is 1. The molecular weight excluding hydrogens is 256 g/mol. The Morgan fingerprint density at radius 1 is 1.60 bits per heavy atom. The molecule has 3 rings (SSSR count). The Bertz CT molecular complexity index is 494. The zero-order valence-corrected chi connectivity index (χ0v) is 11.6. The van der Waals surface area contributed by atoms with Crippen LogP contribution in [-0.4, -0.2) is 41.7 Å². The second-order valence-corrected chi connectivity index (χ2v) is 5.14. The van der Waals surface area contributed by atoms with Crippen LogP contribution in [-0.2, 0) is 9.53 Å². The molecule has 0 saturated carbocycles. The maximum absolute atomic E-state index is 11.7. The van der Waals surface area contributed by atoms with Crippen LogP contribution in [0, 0.1) is 0 Å². The van der Waals surface area contributed by atoms with Crippen LogP contribution < -0.4 is 10.6 Å². The standard InChI is InChI=1S/C14H20N4O2/c1-2-13(19)18-6-4-10(8-18)20-14-11-7-15-5-3-12(11)16-9-17-14/h3,5,7,10,14,16-17H,2,4,6,8-9H2,1H3/t10-,14-/m0/s1. The van der Waals surface area contributed by atoms with Gasteiger partial charge in [-0.05, 0) is 12.5 Å². The molecule has 0 aliphatic carbocycles. The molecule has 0 unspecified atom stereocenters. The lowest BCUT2D eigenvalue weighted by Gasteiger charge is -2.29. The van der Waals surface area contributed by atoms with E-state index in [1.165, 1.54) is 0 Å². The summed E-state index contributed by atoms with van der Waals surface area (Å²) >= 11 is 0. The van der Waals surface area contributed by atoms with Gasteiger partial charge in [-0.3, -0.25) is 15.1 Å². The fourth-order valence-electron chi connectivity index (χ4n) is 2.73. The summed E-state index contributed by atoms with van der Waals surface area (Å²) in [6.07, 6.45) is 4.99. The Hall–Kier alpha value is -1.66. The van der Waals surface area contributed by atoms with Gasteiger partial charge in [-0.2, -0.15) is 0 Å². The van der Waals surface area contributed by atoms with Gasteiger partial charge in [0.05, 0.1) is 12.8 Å². The first-order valence-corrected chi connectivity index (χ1v) is 7.12. The summed E-state index contributed by atoms with van der Waals surface area (Å²) in [5.41, 5.74) is 2.09. The highest BCUT2D eigenvalue weighted by Gasteiger charge is 2.30. The van der Waals surface area contributed by atoms with Crippen molar-refractivity contribution in [3.8, 4) is 0 Å². The van der Waals surface area contributed by atoms with E-state index < -0.39 is 0 Å². The molecule has 1 amide bonds. The van der Waals surface area contributed by atoms with Gasteiger partial charge in [-0.25, -0.2) is 0 Å². The highest BCUT2D eigenvalue weighted by atomic mass is 16.5. The minimum absolute atomic E-state index is 0.0918. The van der Waals surface area contributed by atoms with E-state index in [0.29, 0.717) is 19.6 Å². The number of carbonyl (C=O) groups excluding carboxylic acids is 1. The van der Waals surface area contributed by atoms with Gasteiger partial charge in [0.2, 0.25) is 5.91 Å². The summed E-state index contributed by atoms with van der Waals surface area (Å²) in [6, 6.07) is 1.95. The van der Waals surface area contributed by atoms with Crippen molar-refractivity contribution in [3.63, 3.8) is 0 Å². The van der Waals surface area contributed by atoms with Crippen molar-refractivity contribution in [3.05, 3.63) is 24.0 Å². The number of ether oxygens (including phenoxy) is 1. The number of hydrogen-bond acceptors (Lipinski definition) is 5. The topological polar surface area (TPSA) is 66.5 Å². The quantitative estimate of drug-likeness (QED) is 0.865. The van der Waals surface area contributed by atoms with Crippen molar-refractivity contribution in [2.45, 2.75) is 32.1 Å². The third-order valence-corrected chi connectivity index (χ3v) is 3.83. The number of amides is 1. The molecule has 0 radical (unpaired) electrons. The first-order chi connectivity index (χ1) is 9.78. The third kappa shape index (κ3) is 2.62. The van der Waals surface area contributed by atoms with E-state index in [9.17, 15) is 4.79 Å². The van der Waals surface area contributed by atoms with Crippen molar-refractivity contribution < 1.29 is 9.53 Å². The molecule has 1 aromatic heterocycles. The first-order valence-electron chi connectivity index (χ1n) is 7.12. The number of hydrogen-bond donors (Lipinski definition) is 2. The molecule has 6 heteroatoms. The van der Waals surface area contributed by atoms with Gasteiger partial charge < -0.3 is 15.0 Å².